The average molecular weight is 220 g/mol. The predicted molar refractivity (Wildman–Crippen MR) is 64.4 cm³/mol. The summed E-state index contributed by atoms with van der Waals surface area (Å²) in [6.45, 7) is 4.37. The largest absolute Gasteiger partial charge is 0.302 e. The molecule has 0 amide bonds. The van der Waals surface area contributed by atoms with E-state index in [1.54, 1.807) is 0 Å². The van der Waals surface area contributed by atoms with Crippen LogP contribution in [0, 0.1) is 0 Å². The number of thioether (sulfide) groups is 1. The zero-order valence-corrected chi connectivity index (χ0v) is 10.0. The number of hydrogen-bond donors (Lipinski definition) is 0. The molecule has 2 heteroatoms. The van der Waals surface area contributed by atoms with E-state index in [9.17, 15) is 4.79 Å². The van der Waals surface area contributed by atoms with Crippen LogP contribution in [0.5, 0.6) is 0 Å². The van der Waals surface area contributed by atoms with Crippen LogP contribution in [0.3, 0.4) is 0 Å². The van der Waals surface area contributed by atoms with Crippen LogP contribution in [-0.2, 0) is 10.2 Å². The van der Waals surface area contributed by atoms with Crippen molar-refractivity contribution >= 4 is 18.0 Å². The minimum Gasteiger partial charge on any atom is -0.302 e. The number of carbonyl (C=O) groups excluding carboxylic acids is 1. The molecule has 0 aromatic heterocycles. The Morgan fingerprint density at radius 2 is 2.13 bits per heavy atom. The lowest BCUT2D eigenvalue weighted by molar-refractivity contribution is -0.109. The molecule has 0 unspecified atom stereocenters. The zero-order chi connectivity index (χ0) is 10.9. The van der Waals surface area contributed by atoms with Crippen molar-refractivity contribution in [3.05, 3.63) is 29.8 Å². The number of aldehydes is 1. The van der Waals surface area contributed by atoms with Crippen LogP contribution in [0.25, 0.3) is 0 Å². The van der Waals surface area contributed by atoms with Gasteiger partial charge < -0.3 is 4.79 Å². The minimum atomic E-state index is -0.131. The molecule has 15 heavy (non-hydrogen) atoms. The van der Waals surface area contributed by atoms with Gasteiger partial charge in [0.25, 0.3) is 0 Å². The first-order chi connectivity index (χ1) is 7.16. The highest BCUT2D eigenvalue weighted by Crippen LogP contribution is 2.46. The molecule has 0 aliphatic heterocycles. The van der Waals surface area contributed by atoms with Crippen LogP contribution in [0.2, 0.25) is 0 Å². The van der Waals surface area contributed by atoms with Gasteiger partial charge in [-0.1, -0.05) is 26.0 Å². The van der Waals surface area contributed by atoms with Gasteiger partial charge in [-0.25, -0.2) is 0 Å². The van der Waals surface area contributed by atoms with Crippen LogP contribution in [-0.4, -0.2) is 11.5 Å². The number of rotatable bonds is 4. The van der Waals surface area contributed by atoms with Crippen molar-refractivity contribution in [1.82, 2.24) is 0 Å². The SMILES string of the molecule is CC(C)Sc1cccc(C2(C=O)CC2)c1. The van der Waals surface area contributed by atoms with Gasteiger partial charge in [-0.3, -0.25) is 0 Å². The monoisotopic (exact) mass is 220 g/mol. The molecule has 1 saturated carbocycles. The maximum atomic E-state index is 11.0. The first-order valence-electron chi connectivity index (χ1n) is 5.40. The zero-order valence-electron chi connectivity index (χ0n) is 9.19. The normalized spacial score (nSPS) is 17.8. The lowest BCUT2D eigenvalue weighted by Gasteiger charge is -2.10. The van der Waals surface area contributed by atoms with Crippen molar-refractivity contribution in [3.8, 4) is 0 Å². The van der Waals surface area contributed by atoms with E-state index >= 15 is 0 Å². The Morgan fingerprint density at radius 1 is 1.40 bits per heavy atom. The van der Waals surface area contributed by atoms with Crippen molar-refractivity contribution in [1.29, 1.82) is 0 Å². The molecule has 0 radical (unpaired) electrons. The Hall–Kier alpha value is -0.760. The first kappa shape index (κ1) is 10.7. The molecule has 0 saturated heterocycles. The molecule has 0 N–H and O–H groups in total. The van der Waals surface area contributed by atoms with Crippen LogP contribution in [0.15, 0.2) is 29.2 Å². The summed E-state index contributed by atoms with van der Waals surface area (Å²) >= 11 is 1.85. The van der Waals surface area contributed by atoms with E-state index in [0.29, 0.717) is 5.25 Å². The third-order valence-electron chi connectivity index (χ3n) is 2.80. The molecular formula is C13H16OS. The third-order valence-corrected chi connectivity index (χ3v) is 3.79. The maximum Gasteiger partial charge on any atom is 0.130 e. The molecule has 0 spiro atoms. The number of carbonyl (C=O) groups is 1. The summed E-state index contributed by atoms with van der Waals surface area (Å²) in [5.41, 5.74) is 1.07. The van der Waals surface area contributed by atoms with Crippen molar-refractivity contribution in [2.24, 2.45) is 0 Å². The fourth-order valence-electron chi connectivity index (χ4n) is 1.76. The molecule has 80 valence electrons. The molecule has 1 aromatic rings. The highest BCUT2D eigenvalue weighted by molar-refractivity contribution is 7.99. The molecule has 0 heterocycles. The molecule has 2 rings (SSSR count). The van der Waals surface area contributed by atoms with E-state index < -0.39 is 0 Å². The Kier molecular flexibility index (Phi) is 2.87. The summed E-state index contributed by atoms with van der Waals surface area (Å²) in [5.74, 6) is 0. The van der Waals surface area contributed by atoms with Crippen LogP contribution in [0.1, 0.15) is 32.3 Å². The molecule has 0 bridgehead atoms. The van der Waals surface area contributed by atoms with Gasteiger partial charge >= 0.3 is 0 Å². The van der Waals surface area contributed by atoms with E-state index in [2.05, 4.69) is 38.1 Å². The van der Waals surface area contributed by atoms with E-state index in [-0.39, 0.29) is 5.41 Å². The van der Waals surface area contributed by atoms with Gasteiger partial charge in [-0.2, -0.15) is 0 Å². The summed E-state index contributed by atoms with van der Waals surface area (Å²) in [7, 11) is 0. The summed E-state index contributed by atoms with van der Waals surface area (Å²) < 4.78 is 0. The van der Waals surface area contributed by atoms with E-state index in [0.717, 1.165) is 19.1 Å². The van der Waals surface area contributed by atoms with Crippen LogP contribution >= 0.6 is 11.8 Å². The number of benzene rings is 1. The fourth-order valence-corrected chi connectivity index (χ4v) is 2.66. The second-order valence-corrected chi connectivity index (χ2v) is 6.12. The van der Waals surface area contributed by atoms with Gasteiger partial charge in [-0.15, -0.1) is 11.8 Å². The van der Waals surface area contributed by atoms with E-state index in [1.165, 1.54) is 10.5 Å². The Bertz CT molecular complexity index is 367. The Labute approximate surface area is 95.3 Å². The Morgan fingerprint density at radius 3 is 2.67 bits per heavy atom. The molecular weight excluding hydrogens is 204 g/mol. The molecule has 1 nitrogen and oxygen atoms in total. The highest BCUT2D eigenvalue weighted by Gasteiger charge is 2.44. The second kappa shape index (κ2) is 4.01. The first-order valence-corrected chi connectivity index (χ1v) is 6.28. The predicted octanol–water partition coefficient (Wildman–Crippen LogP) is 3.42. The van der Waals surface area contributed by atoms with Crippen LogP contribution in [0.4, 0.5) is 0 Å². The van der Waals surface area contributed by atoms with Gasteiger partial charge in [0.05, 0.1) is 5.41 Å². The summed E-state index contributed by atoms with van der Waals surface area (Å²) in [6.07, 6.45) is 3.16. The summed E-state index contributed by atoms with van der Waals surface area (Å²) in [5, 5.41) is 0.589. The topological polar surface area (TPSA) is 17.1 Å². The molecule has 1 fully saturated rings. The van der Waals surface area contributed by atoms with Gasteiger partial charge in [0, 0.05) is 10.1 Å². The van der Waals surface area contributed by atoms with Crippen molar-refractivity contribution in [2.45, 2.75) is 42.2 Å². The summed E-state index contributed by atoms with van der Waals surface area (Å²) in [4.78, 5) is 12.3. The maximum absolute atomic E-state index is 11.0. The standard InChI is InChI=1S/C13H16OS/c1-10(2)15-12-5-3-4-11(8-12)13(9-14)6-7-13/h3-5,8-10H,6-7H2,1-2H3. The summed E-state index contributed by atoms with van der Waals surface area (Å²) in [6, 6.07) is 8.43. The fraction of sp³-hybridized carbons (Fsp3) is 0.462. The van der Waals surface area contributed by atoms with Gasteiger partial charge in [0.1, 0.15) is 6.29 Å². The van der Waals surface area contributed by atoms with E-state index in [1.807, 2.05) is 11.8 Å². The van der Waals surface area contributed by atoms with E-state index in [4.69, 9.17) is 0 Å². The lowest BCUT2D eigenvalue weighted by atomic mass is 9.98. The quantitative estimate of drug-likeness (QED) is 0.571. The molecule has 0 atom stereocenters. The average Bonchev–Trinajstić information content (AvgIpc) is 2.97. The second-order valence-electron chi connectivity index (χ2n) is 4.47. The van der Waals surface area contributed by atoms with Crippen molar-refractivity contribution in [2.75, 3.05) is 0 Å². The van der Waals surface area contributed by atoms with Crippen LogP contribution < -0.4 is 0 Å². The van der Waals surface area contributed by atoms with Gasteiger partial charge in [0.15, 0.2) is 0 Å². The number of hydrogen-bond acceptors (Lipinski definition) is 2. The highest BCUT2D eigenvalue weighted by atomic mass is 32.2. The lowest BCUT2D eigenvalue weighted by Crippen LogP contribution is -2.07. The van der Waals surface area contributed by atoms with Gasteiger partial charge in [-0.05, 0) is 30.5 Å². The third kappa shape index (κ3) is 2.25. The Balaban J connectivity index is 2.23. The minimum absolute atomic E-state index is 0.131. The van der Waals surface area contributed by atoms with Gasteiger partial charge in [0.2, 0.25) is 0 Å². The molecule has 1 aromatic carbocycles. The van der Waals surface area contributed by atoms with Crippen molar-refractivity contribution < 1.29 is 4.79 Å². The molecule has 1 aliphatic rings. The van der Waals surface area contributed by atoms with Crippen molar-refractivity contribution in [3.63, 3.8) is 0 Å². The smallest absolute Gasteiger partial charge is 0.130 e. The molecule has 1 aliphatic carbocycles.